The van der Waals surface area contributed by atoms with Crippen molar-refractivity contribution in [2.75, 3.05) is 30.4 Å². The van der Waals surface area contributed by atoms with Crippen molar-refractivity contribution < 1.29 is 27.9 Å². The molecule has 31 heavy (non-hydrogen) atoms. The molecule has 0 aliphatic carbocycles. The molecule has 4 rings (SSSR count). The molecule has 8 nitrogen and oxygen atoms in total. The van der Waals surface area contributed by atoms with Gasteiger partial charge in [0.25, 0.3) is 5.91 Å². The lowest BCUT2D eigenvalue weighted by Crippen LogP contribution is -2.61. The molecule has 1 fully saturated rings. The van der Waals surface area contributed by atoms with E-state index in [1.807, 2.05) is 31.4 Å². The Kier molecular flexibility index (Phi) is 6.44. The molecule has 0 atom stereocenters. The molecule has 11 heteroatoms. The third-order valence-electron chi connectivity index (χ3n) is 5.27. The van der Waals surface area contributed by atoms with Gasteiger partial charge in [0.2, 0.25) is 0 Å². The number of carboxylic acid groups (broad SMARTS) is 1. The molecular weight excluding hydrogens is 415 g/mol. The summed E-state index contributed by atoms with van der Waals surface area (Å²) in [4.78, 5) is 34.4. The Labute approximate surface area is 176 Å². The number of hydrogen-bond acceptors (Lipinski definition) is 6. The highest BCUT2D eigenvalue weighted by molar-refractivity contribution is 6.06. The summed E-state index contributed by atoms with van der Waals surface area (Å²) in [7, 11) is 1.82. The van der Waals surface area contributed by atoms with E-state index < -0.39 is 17.7 Å². The maximum Gasteiger partial charge on any atom is 0.490 e. The number of carboxylic acids is 1. The molecule has 4 heterocycles. The number of piperidine rings is 1. The number of nitrogens with zero attached hydrogens (tertiary/aromatic N) is 4. The van der Waals surface area contributed by atoms with Crippen LogP contribution in [0.4, 0.5) is 24.7 Å². The van der Waals surface area contributed by atoms with E-state index in [9.17, 15) is 18.0 Å². The zero-order chi connectivity index (χ0) is 22.6. The fourth-order valence-corrected chi connectivity index (χ4v) is 3.67. The highest BCUT2D eigenvalue weighted by Gasteiger charge is 2.47. The number of carbonyl (C=O) groups is 2. The summed E-state index contributed by atoms with van der Waals surface area (Å²) in [5, 5.41) is 10.6. The Bertz CT molecular complexity index is 931. The van der Waals surface area contributed by atoms with Gasteiger partial charge in [0.15, 0.2) is 5.82 Å². The van der Waals surface area contributed by atoms with Crippen molar-refractivity contribution in [3.63, 3.8) is 0 Å². The first kappa shape index (κ1) is 22.5. The smallest absolute Gasteiger partial charge is 0.475 e. The first-order valence-electron chi connectivity index (χ1n) is 9.55. The van der Waals surface area contributed by atoms with Gasteiger partial charge < -0.3 is 10.4 Å². The number of hydrogen-bond donors (Lipinski definition) is 2. The topological polar surface area (TPSA) is 98.7 Å². The van der Waals surface area contributed by atoms with Gasteiger partial charge in [-0.25, -0.2) is 9.78 Å². The van der Waals surface area contributed by atoms with E-state index in [1.54, 1.807) is 17.3 Å². The van der Waals surface area contributed by atoms with Crippen LogP contribution in [0.3, 0.4) is 0 Å². The van der Waals surface area contributed by atoms with Gasteiger partial charge in [-0.15, -0.1) is 0 Å². The highest BCUT2D eigenvalue weighted by Crippen LogP contribution is 2.38. The Balaban J connectivity index is 0.000000339. The van der Waals surface area contributed by atoms with Gasteiger partial charge in [-0.1, -0.05) is 6.07 Å². The third kappa shape index (κ3) is 5.10. The summed E-state index contributed by atoms with van der Waals surface area (Å²) in [5.74, 6) is -1.92. The van der Waals surface area contributed by atoms with Crippen LogP contribution in [-0.2, 0) is 16.1 Å². The molecular formula is C20H22F3N5O3. The summed E-state index contributed by atoms with van der Waals surface area (Å²) >= 11 is 0. The number of aromatic nitrogens is 2. The second-order valence-corrected chi connectivity index (χ2v) is 7.39. The number of rotatable bonds is 2. The van der Waals surface area contributed by atoms with Crippen molar-refractivity contribution in [2.45, 2.75) is 31.1 Å². The van der Waals surface area contributed by atoms with Gasteiger partial charge >= 0.3 is 12.1 Å². The molecule has 1 saturated heterocycles. The average molecular weight is 437 g/mol. The molecule has 2 N–H and O–H groups in total. The van der Waals surface area contributed by atoms with Crippen LogP contribution < -0.4 is 10.2 Å². The van der Waals surface area contributed by atoms with Crippen molar-refractivity contribution >= 4 is 23.4 Å². The number of likely N-dealkylation sites (N-methyl/N-ethyl adjacent to an activating group) is 1. The SMILES string of the molecule is CN1C(=O)C2(CCN(Cc3cccnc3)CC2)Nc2cccnc21.O=C(O)C(F)(F)F. The molecule has 2 aliphatic heterocycles. The minimum atomic E-state index is -5.08. The van der Waals surface area contributed by atoms with Crippen LogP contribution in [0.25, 0.3) is 0 Å². The largest absolute Gasteiger partial charge is 0.490 e. The average Bonchev–Trinajstić information content (AvgIpc) is 2.74. The number of pyridine rings is 2. The van der Waals surface area contributed by atoms with Gasteiger partial charge in [0, 0.05) is 45.3 Å². The lowest BCUT2D eigenvalue weighted by Gasteiger charge is -2.46. The number of anilines is 2. The number of carbonyl (C=O) groups excluding carboxylic acids is 1. The monoisotopic (exact) mass is 437 g/mol. The lowest BCUT2D eigenvalue weighted by molar-refractivity contribution is -0.192. The normalized spacial score (nSPS) is 17.9. The molecule has 0 bridgehead atoms. The molecule has 1 spiro atoms. The van der Waals surface area contributed by atoms with Crippen molar-refractivity contribution in [2.24, 2.45) is 0 Å². The van der Waals surface area contributed by atoms with Crippen LogP contribution in [0.1, 0.15) is 18.4 Å². The maximum atomic E-state index is 12.9. The lowest BCUT2D eigenvalue weighted by atomic mass is 9.84. The van der Waals surface area contributed by atoms with E-state index in [0.29, 0.717) is 5.82 Å². The molecule has 0 radical (unpaired) electrons. The van der Waals surface area contributed by atoms with Crippen LogP contribution in [0, 0.1) is 0 Å². The maximum absolute atomic E-state index is 12.9. The van der Waals surface area contributed by atoms with Crippen molar-refractivity contribution in [3.8, 4) is 0 Å². The van der Waals surface area contributed by atoms with Gasteiger partial charge in [0.05, 0.1) is 5.69 Å². The Hall–Kier alpha value is -3.21. The minimum absolute atomic E-state index is 0.120. The van der Waals surface area contributed by atoms with Crippen LogP contribution in [0.2, 0.25) is 0 Å². The minimum Gasteiger partial charge on any atom is -0.475 e. The van der Waals surface area contributed by atoms with E-state index in [0.717, 1.165) is 38.2 Å². The molecule has 1 amide bonds. The van der Waals surface area contributed by atoms with E-state index in [-0.39, 0.29) is 5.91 Å². The summed E-state index contributed by atoms with van der Waals surface area (Å²) in [6.45, 7) is 2.65. The van der Waals surface area contributed by atoms with Crippen LogP contribution >= 0.6 is 0 Å². The number of fused-ring (bicyclic) bond motifs is 1. The van der Waals surface area contributed by atoms with E-state index >= 15 is 0 Å². The third-order valence-corrected chi connectivity index (χ3v) is 5.27. The summed E-state index contributed by atoms with van der Waals surface area (Å²) < 4.78 is 31.7. The fraction of sp³-hybridized carbons (Fsp3) is 0.400. The first-order valence-corrected chi connectivity index (χ1v) is 9.55. The van der Waals surface area contributed by atoms with E-state index in [4.69, 9.17) is 9.90 Å². The zero-order valence-electron chi connectivity index (χ0n) is 16.8. The van der Waals surface area contributed by atoms with Crippen molar-refractivity contribution in [1.29, 1.82) is 0 Å². The number of alkyl halides is 3. The number of halogens is 3. The Morgan fingerprint density at radius 2 is 1.87 bits per heavy atom. The van der Waals surface area contributed by atoms with Crippen molar-refractivity contribution in [1.82, 2.24) is 14.9 Å². The standard InChI is InChI=1S/C18H21N5O.C2HF3O2/c1-22-16-15(5-3-9-20-16)21-18(17(22)24)6-10-23(11-7-18)13-14-4-2-8-19-12-14;3-2(4,5)1(6)7/h2-5,8-9,12,21H,6-7,10-11,13H2,1H3;(H,6,7). The quantitative estimate of drug-likeness (QED) is 0.745. The molecule has 0 unspecified atom stereocenters. The molecule has 0 aromatic carbocycles. The van der Waals surface area contributed by atoms with Gasteiger partial charge in [0.1, 0.15) is 5.54 Å². The second-order valence-electron chi connectivity index (χ2n) is 7.39. The predicted molar refractivity (Wildman–Crippen MR) is 106 cm³/mol. The van der Waals surface area contributed by atoms with Crippen LogP contribution in [0.5, 0.6) is 0 Å². The molecule has 2 aromatic rings. The zero-order valence-corrected chi connectivity index (χ0v) is 16.8. The van der Waals surface area contributed by atoms with E-state index in [1.165, 1.54) is 5.56 Å². The molecule has 2 aliphatic rings. The summed E-state index contributed by atoms with van der Waals surface area (Å²) in [5.41, 5.74) is 1.65. The first-order chi connectivity index (χ1) is 14.6. The molecule has 2 aromatic heterocycles. The number of likely N-dealkylation sites (tertiary alicyclic amines) is 1. The fourth-order valence-electron chi connectivity index (χ4n) is 3.67. The van der Waals surface area contributed by atoms with Gasteiger partial charge in [-0.05, 0) is 36.6 Å². The molecule has 166 valence electrons. The Morgan fingerprint density at radius 1 is 1.23 bits per heavy atom. The number of amides is 1. The second kappa shape index (κ2) is 8.88. The highest BCUT2D eigenvalue weighted by atomic mass is 19.4. The van der Waals surface area contributed by atoms with Crippen molar-refractivity contribution in [3.05, 3.63) is 48.4 Å². The van der Waals surface area contributed by atoms with Gasteiger partial charge in [-0.3, -0.25) is 19.6 Å². The predicted octanol–water partition coefficient (Wildman–Crippen LogP) is 2.53. The summed E-state index contributed by atoms with van der Waals surface area (Å²) in [6.07, 6.45) is 1.93. The van der Waals surface area contributed by atoms with Crippen LogP contribution in [-0.4, -0.2) is 63.7 Å². The number of aliphatic carboxylic acids is 1. The number of nitrogens with one attached hydrogen (secondary N) is 1. The van der Waals surface area contributed by atoms with Gasteiger partial charge in [-0.2, -0.15) is 13.2 Å². The summed E-state index contributed by atoms with van der Waals surface area (Å²) in [6, 6.07) is 7.96. The van der Waals surface area contributed by atoms with E-state index in [2.05, 4.69) is 26.3 Å². The Morgan fingerprint density at radius 3 is 2.45 bits per heavy atom. The van der Waals surface area contributed by atoms with Crippen LogP contribution in [0.15, 0.2) is 42.9 Å². The molecule has 0 saturated carbocycles.